The van der Waals surface area contributed by atoms with Crippen molar-refractivity contribution in [3.8, 4) is 0 Å². The molecule has 2 aliphatic carbocycles. The van der Waals surface area contributed by atoms with Gasteiger partial charge < -0.3 is 10.1 Å². The van der Waals surface area contributed by atoms with E-state index in [2.05, 4.69) is 17.5 Å². The summed E-state index contributed by atoms with van der Waals surface area (Å²) in [4.78, 5) is 11.2. The van der Waals surface area contributed by atoms with E-state index in [0.29, 0.717) is 23.8 Å². The van der Waals surface area contributed by atoms with E-state index in [9.17, 15) is 4.79 Å². The topological polar surface area (TPSA) is 38.3 Å². The minimum Gasteiger partial charge on any atom is -0.371 e. The smallest absolute Gasteiger partial charge is 0.246 e. The molecule has 0 aromatic carbocycles. The van der Waals surface area contributed by atoms with Crippen LogP contribution in [0.3, 0.4) is 0 Å². The van der Waals surface area contributed by atoms with Crippen LogP contribution in [0, 0.1) is 17.8 Å². The first-order valence-corrected chi connectivity index (χ1v) is 4.90. The van der Waals surface area contributed by atoms with Crippen molar-refractivity contribution in [3.05, 3.63) is 12.2 Å². The van der Waals surface area contributed by atoms with Gasteiger partial charge in [0, 0.05) is 12.0 Å². The molecule has 0 unspecified atom stereocenters. The molecule has 2 fully saturated rings. The van der Waals surface area contributed by atoms with Crippen LogP contribution in [0.4, 0.5) is 0 Å². The van der Waals surface area contributed by atoms with Crippen LogP contribution in [0.5, 0.6) is 0 Å². The van der Waals surface area contributed by atoms with Gasteiger partial charge >= 0.3 is 0 Å². The molecule has 3 nitrogen and oxygen atoms in total. The maximum Gasteiger partial charge on any atom is 0.246 e. The van der Waals surface area contributed by atoms with Gasteiger partial charge in [0.1, 0.15) is 6.61 Å². The van der Waals surface area contributed by atoms with Crippen LogP contribution < -0.4 is 5.32 Å². The molecular weight excluding hydrogens is 166 g/mol. The molecule has 0 aromatic rings. The number of amides is 1. The van der Waals surface area contributed by atoms with Crippen molar-refractivity contribution in [3.63, 3.8) is 0 Å². The molecule has 1 heterocycles. The molecule has 70 valence electrons. The molecule has 1 saturated heterocycles. The lowest BCUT2D eigenvalue weighted by Crippen LogP contribution is -2.42. The normalized spacial score (nSPS) is 47.2. The van der Waals surface area contributed by atoms with E-state index in [1.165, 1.54) is 6.42 Å². The highest BCUT2D eigenvalue weighted by Crippen LogP contribution is 2.44. The van der Waals surface area contributed by atoms with Gasteiger partial charge in [-0.05, 0) is 18.3 Å². The zero-order valence-electron chi connectivity index (χ0n) is 7.40. The average molecular weight is 179 g/mol. The van der Waals surface area contributed by atoms with Crippen molar-refractivity contribution in [2.24, 2.45) is 17.8 Å². The second kappa shape index (κ2) is 2.58. The number of carbonyl (C=O) groups is 1. The first kappa shape index (κ1) is 7.56. The summed E-state index contributed by atoms with van der Waals surface area (Å²) >= 11 is 0. The summed E-state index contributed by atoms with van der Waals surface area (Å²) in [6.45, 7) is 0.987. The van der Waals surface area contributed by atoms with E-state index >= 15 is 0 Å². The van der Waals surface area contributed by atoms with Crippen molar-refractivity contribution in [1.82, 2.24) is 5.32 Å². The number of rotatable bonds is 0. The number of fused-ring (bicyclic) bond motifs is 5. The Morgan fingerprint density at radius 2 is 2.23 bits per heavy atom. The number of carbonyl (C=O) groups excluding carboxylic acids is 1. The summed E-state index contributed by atoms with van der Waals surface area (Å²) in [5.41, 5.74) is 0. The maximum absolute atomic E-state index is 11.2. The minimum atomic E-state index is 0.0495. The molecule has 3 heteroatoms. The van der Waals surface area contributed by atoms with Crippen LogP contribution in [-0.2, 0) is 9.53 Å². The van der Waals surface area contributed by atoms with Gasteiger partial charge in [0.05, 0.1) is 6.61 Å². The Kier molecular flexibility index (Phi) is 1.50. The molecule has 3 aliphatic rings. The zero-order chi connectivity index (χ0) is 8.84. The van der Waals surface area contributed by atoms with Gasteiger partial charge in [-0.3, -0.25) is 4.79 Å². The average Bonchev–Trinajstić information content (AvgIpc) is 2.63. The fourth-order valence-electron chi connectivity index (χ4n) is 2.88. The van der Waals surface area contributed by atoms with E-state index in [-0.39, 0.29) is 12.5 Å². The SMILES string of the molecule is O=C1COC[C@@H]2[C@H](N1)[C@@H]1C=C[C@H]2C1. The summed E-state index contributed by atoms with van der Waals surface area (Å²) in [6.07, 6.45) is 5.74. The molecular formula is C10H13NO2. The van der Waals surface area contributed by atoms with Crippen LogP contribution >= 0.6 is 0 Å². The molecule has 1 amide bonds. The van der Waals surface area contributed by atoms with Crippen LogP contribution in [0.2, 0.25) is 0 Å². The second-order valence-electron chi connectivity index (χ2n) is 4.22. The lowest BCUT2D eigenvalue weighted by atomic mass is 9.90. The monoisotopic (exact) mass is 179 g/mol. The first-order chi connectivity index (χ1) is 6.34. The Morgan fingerprint density at radius 1 is 1.38 bits per heavy atom. The molecule has 0 radical (unpaired) electrons. The number of hydrogen-bond donors (Lipinski definition) is 1. The molecule has 2 bridgehead atoms. The Labute approximate surface area is 77.1 Å². The summed E-state index contributed by atoms with van der Waals surface area (Å²) in [5, 5.41) is 3.06. The largest absolute Gasteiger partial charge is 0.371 e. The predicted molar refractivity (Wildman–Crippen MR) is 47.0 cm³/mol. The van der Waals surface area contributed by atoms with Gasteiger partial charge in [-0.15, -0.1) is 0 Å². The summed E-state index contributed by atoms with van der Waals surface area (Å²) in [7, 11) is 0. The third-order valence-electron chi connectivity index (χ3n) is 3.49. The molecule has 3 rings (SSSR count). The highest BCUT2D eigenvalue weighted by Gasteiger charge is 2.46. The van der Waals surface area contributed by atoms with Gasteiger partial charge in [0.2, 0.25) is 5.91 Å². The van der Waals surface area contributed by atoms with Gasteiger partial charge in [0.15, 0.2) is 0 Å². The number of ether oxygens (including phenoxy) is 1. The van der Waals surface area contributed by atoms with Crippen LogP contribution in [0.1, 0.15) is 6.42 Å². The van der Waals surface area contributed by atoms with Gasteiger partial charge in [-0.1, -0.05) is 12.2 Å². The molecule has 0 spiro atoms. The van der Waals surface area contributed by atoms with E-state index in [4.69, 9.17) is 4.74 Å². The second-order valence-corrected chi connectivity index (χ2v) is 4.22. The predicted octanol–water partition coefficient (Wildman–Crippen LogP) is 0.324. The maximum atomic E-state index is 11.2. The van der Waals surface area contributed by atoms with E-state index < -0.39 is 0 Å². The van der Waals surface area contributed by atoms with Crippen molar-refractivity contribution < 1.29 is 9.53 Å². The molecule has 1 saturated carbocycles. The van der Waals surface area contributed by atoms with Crippen LogP contribution in [0.15, 0.2) is 12.2 Å². The van der Waals surface area contributed by atoms with Crippen LogP contribution in [0.25, 0.3) is 0 Å². The Morgan fingerprint density at radius 3 is 3.15 bits per heavy atom. The molecule has 0 aromatic heterocycles. The fourth-order valence-corrected chi connectivity index (χ4v) is 2.88. The third kappa shape index (κ3) is 1.03. The molecule has 4 atom stereocenters. The summed E-state index contributed by atoms with van der Waals surface area (Å²) < 4.78 is 5.33. The van der Waals surface area contributed by atoms with E-state index in [1.807, 2.05) is 0 Å². The minimum absolute atomic E-state index is 0.0495. The fraction of sp³-hybridized carbons (Fsp3) is 0.700. The summed E-state index contributed by atoms with van der Waals surface area (Å²) in [5.74, 6) is 1.80. The number of nitrogens with one attached hydrogen (secondary N) is 1. The quantitative estimate of drug-likeness (QED) is 0.544. The van der Waals surface area contributed by atoms with Gasteiger partial charge in [-0.2, -0.15) is 0 Å². The standard InChI is InChI=1S/C10H13NO2/c12-9-5-13-4-8-6-1-2-7(3-6)10(8)11-9/h1-2,6-8,10H,3-5H2,(H,11,12)/t6-,7+,8-,10+/m0/s1. The van der Waals surface area contributed by atoms with E-state index in [1.54, 1.807) is 0 Å². The van der Waals surface area contributed by atoms with Crippen molar-refractivity contribution in [2.45, 2.75) is 12.5 Å². The molecule has 1 N–H and O–H groups in total. The molecule has 1 aliphatic heterocycles. The number of hydrogen-bond acceptors (Lipinski definition) is 2. The van der Waals surface area contributed by atoms with Crippen molar-refractivity contribution in [1.29, 1.82) is 0 Å². The van der Waals surface area contributed by atoms with Crippen molar-refractivity contribution in [2.75, 3.05) is 13.2 Å². The first-order valence-electron chi connectivity index (χ1n) is 4.90. The zero-order valence-corrected chi connectivity index (χ0v) is 7.40. The Balaban J connectivity index is 1.88. The number of allylic oxidation sites excluding steroid dienone is 1. The lowest BCUT2D eigenvalue weighted by molar-refractivity contribution is -0.124. The third-order valence-corrected chi connectivity index (χ3v) is 3.49. The van der Waals surface area contributed by atoms with Gasteiger partial charge in [0.25, 0.3) is 0 Å². The lowest BCUT2D eigenvalue weighted by Gasteiger charge is -2.25. The summed E-state index contributed by atoms with van der Waals surface area (Å²) in [6, 6.07) is 0.352. The highest BCUT2D eigenvalue weighted by atomic mass is 16.5. The highest BCUT2D eigenvalue weighted by molar-refractivity contribution is 5.78. The Hall–Kier alpha value is -0.830. The van der Waals surface area contributed by atoms with Crippen molar-refractivity contribution >= 4 is 5.91 Å². The Bertz CT molecular complexity index is 274. The van der Waals surface area contributed by atoms with Gasteiger partial charge in [-0.25, -0.2) is 0 Å². The van der Waals surface area contributed by atoms with E-state index in [0.717, 1.165) is 6.61 Å². The molecule has 13 heavy (non-hydrogen) atoms. The van der Waals surface area contributed by atoms with Crippen LogP contribution in [-0.4, -0.2) is 25.2 Å².